The Bertz CT molecular complexity index is 774. The van der Waals surface area contributed by atoms with Gasteiger partial charge in [0.05, 0.1) is 16.1 Å². The van der Waals surface area contributed by atoms with E-state index in [0.717, 1.165) is 11.1 Å². The first-order valence-corrected chi connectivity index (χ1v) is 9.23. The smallest absolute Gasteiger partial charge is 0.135 e. The SMILES string of the molecule is C=C1NC(c2c(F)cc(C)cc2F)=C(c2ccccc2)CC1Br.CC. The fourth-order valence-corrected chi connectivity index (χ4v) is 3.21. The van der Waals surface area contributed by atoms with Crippen LogP contribution in [0.5, 0.6) is 0 Å². The third-order valence-corrected chi connectivity index (χ3v) is 4.78. The number of hydrogen-bond acceptors (Lipinski definition) is 1. The third-order valence-electron chi connectivity index (χ3n) is 3.91. The van der Waals surface area contributed by atoms with Gasteiger partial charge in [-0.25, -0.2) is 8.78 Å². The minimum atomic E-state index is -0.570. The van der Waals surface area contributed by atoms with Crippen LogP contribution in [0.4, 0.5) is 8.78 Å². The first-order chi connectivity index (χ1) is 12.0. The second kappa shape index (κ2) is 8.43. The van der Waals surface area contributed by atoms with E-state index < -0.39 is 11.6 Å². The second-order valence-corrected chi connectivity index (χ2v) is 6.75. The highest BCUT2D eigenvalue weighted by Crippen LogP contribution is 2.38. The van der Waals surface area contributed by atoms with E-state index in [1.54, 1.807) is 6.92 Å². The van der Waals surface area contributed by atoms with Gasteiger partial charge >= 0.3 is 0 Å². The normalized spacial score (nSPS) is 16.9. The number of nitrogens with one attached hydrogen (secondary N) is 1. The van der Waals surface area contributed by atoms with E-state index in [1.807, 2.05) is 44.2 Å². The summed E-state index contributed by atoms with van der Waals surface area (Å²) in [5.74, 6) is -1.14. The molecule has 2 aromatic carbocycles. The average Bonchev–Trinajstić information content (AvgIpc) is 2.59. The molecule has 0 saturated carbocycles. The van der Waals surface area contributed by atoms with Gasteiger partial charge < -0.3 is 5.32 Å². The van der Waals surface area contributed by atoms with Gasteiger partial charge in [0.1, 0.15) is 11.6 Å². The fourth-order valence-electron chi connectivity index (χ4n) is 2.77. The minimum absolute atomic E-state index is 0.0121. The van der Waals surface area contributed by atoms with Crippen LogP contribution < -0.4 is 5.32 Å². The molecule has 1 N–H and O–H groups in total. The lowest BCUT2D eigenvalue weighted by Gasteiger charge is -2.28. The number of alkyl halides is 1. The van der Waals surface area contributed by atoms with Crippen LogP contribution >= 0.6 is 15.9 Å². The van der Waals surface area contributed by atoms with Gasteiger partial charge in [-0.3, -0.25) is 0 Å². The second-order valence-electron chi connectivity index (χ2n) is 5.65. The molecule has 1 atom stereocenters. The molecule has 1 heterocycles. The lowest BCUT2D eigenvalue weighted by molar-refractivity contribution is 0.572. The van der Waals surface area contributed by atoms with Crippen LogP contribution in [0.2, 0.25) is 0 Å². The van der Waals surface area contributed by atoms with Crippen molar-refractivity contribution in [3.05, 3.63) is 83.1 Å². The summed E-state index contributed by atoms with van der Waals surface area (Å²) in [6.45, 7) is 9.61. The van der Waals surface area contributed by atoms with E-state index >= 15 is 0 Å². The third kappa shape index (κ3) is 4.18. The molecule has 1 aliphatic heterocycles. The molecule has 132 valence electrons. The number of benzene rings is 2. The molecule has 0 spiro atoms. The first-order valence-electron chi connectivity index (χ1n) is 8.32. The van der Waals surface area contributed by atoms with Crippen LogP contribution in [0.15, 0.2) is 54.7 Å². The van der Waals surface area contributed by atoms with Gasteiger partial charge in [-0.1, -0.05) is 66.7 Å². The van der Waals surface area contributed by atoms with Gasteiger partial charge in [0.2, 0.25) is 0 Å². The molecule has 1 unspecified atom stereocenters. The molecule has 0 bridgehead atoms. The summed E-state index contributed by atoms with van der Waals surface area (Å²) in [6.07, 6.45) is 0.609. The highest BCUT2D eigenvalue weighted by atomic mass is 79.9. The Morgan fingerprint density at radius 2 is 1.64 bits per heavy atom. The van der Waals surface area contributed by atoms with E-state index in [9.17, 15) is 8.78 Å². The molecule has 1 nitrogen and oxygen atoms in total. The van der Waals surface area contributed by atoms with E-state index in [1.165, 1.54) is 12.1 Å². The average molecular weight is 406 g/mol. The summed E-state index contributed by atoms with van der Waals surface area (Å²) < 4.78 is 28.9. The molecule has 0 fully saturated rings. The van der Waals surface area contributed by atoms with Gasteiger partial charge in [-0.05, 0) is 42.2 Å². The molecule has 2 aromatic rings. The van der Waals surface area contributed by atoms with Crippen molar-refractivity contribution < 1.29 is 8.78 Å². The highest BCUT2D eigenvalue weighted by Gasteiger charge is 2.27. The summed E-state index contributed by atoms with van der Waals surface area (Å²) in [7, 11) is 0. The fraction of sp³-hybridized carbons (Fsp3) is 0.238. The molecule has 1 aliphatic rings. The quantitative estimate of drug-likeness (QED) is 0.566. The van der Waals surface area contributed by atoms with Crippen molar-refractivity contribution in [2.75, 3.05) is 0 Å². The predicted molar refractivity (Wildman–Crippen MR) is 105 cm³/mol. The van der Waals surface area contributed by atoms with E-state index in [0.29, 0.717) is 23.4 Å². The zero-order chi connectivity index (χ0) is 18.6. The molecular weight excluding hydrogens is 384 g/mol. The largest absolute Gasteiger partial charge is 0.358 e. The topological polar surface area (TPSA) is 12.0 Å². The van der Waals surface area contributed by atoms with Crippen molar-refractivity contribution in [2.45, 2.75) is 32.0 Å². The Labute approximate surface area is 156 Å². The van der Waals surface area contributed by atoms with Crippen molar-refractivity contribution in [1.29, 1.82) is 0 Å². The van der Waals surface area contributed by atoms with Crippen LogP contribution in [0.3, 0.4) is 0 Å². The van der Waals surface area contributed by atoms with E-state index in [-0.39, 0.29) is 10.4 Å². The maximum atomic E-state index is 14.5. The zero-order valence-electron chi connectivity index (χ0n) is 14.7. The Hall–Kier alpha value is -1.94. The maximum absolute atomic E-state index is 14.5. The standard InChI is InChI=1S/C19H16BrF2N.C2H6/c1-11-8-16(21)18(17(22)9-11)19-14(10-15(20)12(2)23-19)13-6-4-3-5-7-13;1-2/h3-9,15,23H,2,10H2,1H3;1-2H3. The molecule has 0 radical (unpaired) electrons. The molecule has 4 heteroatoms. The number of hydrogen-bond donors (Lipinski definition) is 1. The first kappa shape index (κ1) is 19.4. The monoisotopic (exact) mass is 405 g/mol. The van der Waals surface area contributed by atoms with Gasteiger partial charge in [-0.2, -0.15) is 0 Å². The number of rotatable bonds is 2. The minimum Gasteiger partial charge on any atom is -0.358 e. The van der Waals surface area contributed by atoms with Crippen molar-refractivity contribution in [2.24, 2.45) is 0 Å². The number of aryl methyl sites for hydroxylation is 1. The molecule has 0 amide bonds. The molecule has 0 aromatic heterocycles. The number of halogens is 3. The van der Waals surface area contributed by atoms with Crippen molar-refractivity contribution in [3.8, 4) is 0 Å². The van der Waals surface area contributed by atoms with Crippen molar-refractivity contribution in [3.63, 3.8) is 0 Å². The predicted octanol–water partition coefficient (Wildman–Crippen LogP) is 6.44. The lowest BCUT2D eigenvalue weighted by atomic mass is 9.91. The Morgan fingerprint density at radius 1 is 1.08 bits per heavy atom. The summed E-state index contributed by atoms with van der Waals surface area (Å²) in [4.78, 5) is 0.0121. The maximum Gasteiger partial charge on any atom is 0.135 e. The molecule has 25 heavy (non-hydrogen) atoms. The molecular formula is C21H22BrF2N. The van der Waals surface area contributed by atoms with Gasteiger partial charge in [0.25, 0.3) is 0 Å². The Balaban J connectivity index is 0.00000109. The van der Waals surface area contributed by atoms with E-state index in [2.05, 4.69) is 27.8 Å². The van der Waals surface area contributed by atoms with Gasteiger partial charge in [0, 0.05) is 5.70 Å². The highest BCUT2D eigenvalue weighted by molar-refractivity contribution is 9.09. The van der Waals surface area contributed by atoms with Crippen LogP contribution in [0, 0.1) is 18.6 Å². The molecule has 3 rings (SSSR count). The van der Waals surface area contributed by atoms with E-state index in [4.69, 9.17) is 0 Å². The lowest BCUT2D eigenvalue weighted by Crippen LogP contribution is -2.26. The van der Waals surface area contributed by atoms with Crippen LogP contribution in [-0.2, 0) is 0 Å². The summed E-state index contributed by atoms with van der Waals surface area (Å²) >= 11 is 3.56. The van der Waals surface area contributed by atoms with Gasteiger partial charge in [0.15, 0.2) is 0 Å². The summed E-state index contributed by atoms with van der Waals surface area (Å²) in [5, 5.41) is 3.09. The van der Waals surface area contributed by atoms with Crippen molar-refractivity contribution in [1.82, 2.24) is 5.32 Å². The number of allylic oxidation sites excluding steroid dienone is 2. The summed E-state index contributed by atoms with van der Waals surface area (Å²) in [6, 6.07) is 12.3. The van der Waals surface area contributed by atoms with Crippen LogP contribution in [0.1, 0.15) is 37.0 Å². The zero-order valence-corrected chi connectivity index (χ0v) is 16.3. The van der Waals surface area contributed by atoms with Crippen LogP contribution in [0.25, 0.3) is 11.3 Å². The Kier molecular flexibility index (Phi) is 6.54. The van der Waals surface area contributed by atoms with Crippen molar-refractivity contribution >= 4 is 27.2 Å². The summed E-state index contributed by atoms with van der Waals surface area (Å²) in [5.41, 5.74) is 3.47. The van der Waals surface area contributed by atoms with Crippen LogP contribution in [-0.4, -0.2) is 4.83 Å². The Morgan fingerprint density at radius 3 is 2.20 bits per heavy atom. The van der Waals surface area contributed by atoms with Gasteiger partial charge in [-0.15, -0.1) is 0 Å². The molecule has 0 aliphatic carbocycles. The molecule has 0 saturated heterocycles.